The molecule has 1 amide bonds. The summed E-state index contributed by atoms with van der Waals surface area (Å²) in [6.45, 7) is 8.40. The molecule has 1 aliphatic heterocycles. The van der Waals surface area contributed by atoms with Gasteiger partial charge in [0.25, 0.3) is 0 Å². The Hall–Kier alpha value is -2.63. The van der Waals surface area contributed by atoms with Crippen molar-refractivity contribution in [3.8, 4) is 16.9 Å². The van der Waals surface area contributed by atoms with Crippen LogP contribution in [0.4, 0.5) is 0 Å². The molecule has 148 valence electrons. The van der Waals surface area contributed by atoms with E-state index in [9.17, 15) is 9.90 Å². The Bertz CT molecular complexity index is 861. The van der Waals surface area contributed by atoms with Gasteiger partial charge in [0.05, 0.1) is 12.7 Å². The Morgan fingerprint density at radius 3 is 2.79 bits per heavy atom. The number of carbonyl (C=O) groups excluding carboxylic acids is 1. The number of aliphatic hydroxyl groups excluding tert-OH is 1. The summed E-state index contributed by atoms with van der Waals surface area (Å²) in [5.41, 5.74) is 5.31. The predicted octanol–water partition coefficient (Wildman–Crippen LogP) is 3.55. The molecule has 0 bridgehead atoms. The summed E-state index contributed by atoms with van der Waals surface area (Å²) < 4.78 is 11.4. The zero-order chi connectivity index (χ0) is 20.1. The van der Waals surface area contributed by atoms with Gasteiger partial charge in [-0.25, -0.2) is 0 Å². The van der Waals surface area contributed by atoms with Crippen LogP contribution in [0.15, 0.2) is 49.0 Å². The minimum atomic E-state index is -0.478. The lowest BCUT2D eigenvalue weighted by molar-refractivity contribution is -0.118. The van der Waals surface area contributed by atoms with Crippen LogP contribution in [-0.2, 0) is 16.0 Å². The number of hydrogen-bond acceptors (Lipinski definition) is 4. The second-order valence-corrected chi connectivity index (χ2v) is 7.18. The molecular formula is C23H27NO4. The van der Waals surface area contributed by atoms with E-state index < -0.39 is 12.4 Å². The van der Waals surface area contributed by atoms with Gasteiger partial charge in [0.15, 0.2) is 0 Å². The number of allylic oxidation sites excluding steroid dienone is 1. The molecule has 2 atom stereocenters. The topological polar surface area (TPSA) is 67.8 Å². The molecule has 1 heterocycles. The number of carbonyl (C=O) groups is 1. The van der Waals surface area contributed by atoms with E-state index >= 15 is 0 Å². The Kier molecular flexibility index (Phi) is 6.49. The van der Waals surface area contributed by atoms with Crippen molar-refractivity contribution in [1.82, 2.24) is 5.32 Å². The van der Waals surface area contributed by atoms with Crippen molar-refractivity contribution in [2.45, 2.75) is 39.1 Å². The first-order chi connectivity index (χ1) is 13.4. The van der Waals surface area contributed by atoms with Crippen LogP contribution in [0.25, 0.3) is 16.7 Å². The summed E-state index contributed by atoms with van der Waals surface area (Å²) in [5, 5.41) is 12.5. The molecule has 0 radical (unpaired) electrons. The van der Waals surface area contributed by atoms with Crippen LogP contribution >= 0.6 is 0 Å². The number of ether oxygens (including phenoxy) is 2. The van der Waals surface area contributed by atoms with E-state index in [-0.39, 0.29) is 5.91 Å². The highest BCUT2D eigenvalue weighted by Crippen LogP contribution is 2.31. The lowest BCUT2D eigenvalue weighted by atomic mass is 9.95. The highest BCUT2D eigenvalue weighted by atomic mass is 16.7. The normalized spacial score (nSPS) is 18.7. The molecular weight excluding hydrogens is 354 g/mol. The van der Waals surface area contributed by atoms with Gasteiger partial charge in [-0.3, -0.25) is 4.79 Å². The third-order valence-corrected chi connectivity index (χ3v) is 4.72. The fourth-order valence-corrected chi connectivity index (χ4v) is 3.25. The minimum absolute atomic E-state index is 0.0391. The average molecular weight is 381 g/mol. The van der Waals surface area contributed by atoms with Crippen molar-refractivity contribution in [1.29, 1.82) is 0 Å². The third-order valence-electron chi connectivity index (χ3n) is 4.72. The second-order valence-electron chi connectivity index (χ2n) is 7.18. The van der Waals surface area contributed by atoms with Crippen LogP contribution in [0.5, 0.6) is 5.75 Å². The van der Waals surface area contributed by atoms with E-state index in [0.29, 0.717) is 31.7 Å². The molecule has 5 heteroatoms. The molecule has 3 rings (SSSR count). The van der Waals surface area contributed by atoms with Crippen molar-refractivity contribution < 1.29 is 19.4 Å². The first kappa shape index (κ1) is 20.1. The van der Waals surface area contributed by atoms with E-state index in [1.807, 2.05) is 37.3 Å². The lowest BCUT2D eigenvalue weighted by Gasteiger charge is -2.17. The molecule has 0 aromatic heterocycles. The molecule has 2 unspecified atom stereocenters. The maximum absolute atomic E-state index is 11.2. The molecule has 5 nitrogen and oxygen atoms in total. The molecule has 2 N–H and O–H groups in total. The second kappa shape index (κ2) is 9.04. The monoisotopic (exact) mass is 381 g/mol. The Balaban J connectivity index is 1.90. The van der Waals surface area contributed by atoms with E-state index in [2.05, 4.69) is 24.0 Å². The van der Waals surface area contributed by atoms with Gasteiger partial charge < -0.3 is 19.9 Å². The Labute approximate surface area is 166 Å². The van der Waals surface area contributed by atoms with E-state index in [0.717, 1.165) is 27.8 Å². The van der Waals surface area contributed by atoms with Crippen molar-refractivity contribution in [2.75, 3.05) is 13.2 Å². The van der Waals surface area contributed by atoms with Crippen molar-refractivity contribution in [3.63, 3.8) is 0 Å². The van der Waals surface area contributed by atoms with Gasteiger partial charge >= 0.3 is 0 Å². The average Bonchev–Trinajstić information content (AvgIpc) is 3.07. The van der Waals surface area contributed by atoms with Crippen LogP contribution in [0, 0.1) is 0 Å². The van der Waals surface area contributed by atoms with Crippen LogP contribution in [0.2, 0.25) is 0 Å². The van der Waals surface area contributed by atoms with Gasteiger partial charge in [0.2, 0.25) is 12.2 Å². The van der Waals surface area contributed by atoms with Gasteiger partial charge in [-0.15, -0.1) is 0 Å². The molecule has 2 aromatic carbocycles. The fourth-order valence-electron chi connectivity index (χ4n) is 3.25. The number of hydrogen-bond donors (Lipinski definition) is 2. The molecule has 0 aliphatic carbocycles. The van der Waals surface area contributed by atoms with Crippen LogP contribution in [0.3, 0.4) is 0 Å². The molecule has 0 saturated carbocycles. The first-order valence-electron chi connectivity index (χ1n) is 9.52. The van der Waals surface area contributed by atoms with E-state index in [1.165, 1.54) is 6.92 Å². The molecule has 2 aromatic rings. The summed E-state index contributed by atoms with van der Waals surface area (Å²) in [6.07, 6.45) is 0.263. The Morgan fingerprint density at radius 1 is 1.29 bits per heavy atom. The fraction of sp³-hybridized carbons (Fsp3) is 0.348. The number of aliphatic hydroxyl groups is 1. The molecule has 1 saturated heterocycles. The maximum Gasteiger partial charge on any atom is 0.216 e. The van der Waals surface area contributed by atoms with Crippen molar-refractivity contribution in [3.05, 3.63) is 60.2 Å². The summed E-state index contributed by atoms with van der Waals surface area (Å²) >= 11 is 0. The Morgan fingerprint density at radius 2 is 2.11 bits per heavy atom. The lowest BCUT2D eigenvalue weighted by Crippen LogP contribution is -2.22. The van der Waals surface area contributed by atoms with E-state index in [1.54, 1.807) is 0 Å². The molecule has 1 fully saturated rings. The standard InChI is InChI=1S/C23H27NO4/c1-15(2)18-5-4-6-19(11-18)22-13-21(28-23-12-20(26)14-27-23)8-7-17(22)9-10-24-16(3)25/h4-8,11,13,20,23,26H,1,9-10,12,14H2,2-3H3,(H,24,25). The largest absolute Gasteiger partial charge is 0.465 e. The third kappa shape index (κ3) is 5.21. The zero-order valence-corrected chi connectivity index (χ0v) is 16.4. The van der Waals surface area contributed by atoms with Crippen LogP contribution < -0.4 is 10.1 Å². The minimum Gasteiger partial charge on any atom is -0.465 e. The van der Waals surface area contributed by atoms with Gasteiger partial charge in [0, 0.05) is 19.9 Å². The summed E-state index contributed by atoms with van der Waals surface area (Å²) in [4.78, 5) is 11.2. The van der Waals surface area contributed by atoms with Gasteiger partial charge in [0.1, 0.15) is 5.75 Å². The van der Waals surface area contributed by atoms with Gasteiger partial charge in [-0.1, -0.05) is 36.4 Å². The molecule has 0 spiro atoms. The van der Waals surface area contributed by atoms with E-state index in [4.69, 9.17) is 9.47 Å². The highest BCUT2D eigenvalue weighted by Gasteiger charge is 2.25. The van der Waals surface area contributed by atoms with Crippen molar-refractivity contribution in [2.24, 2.45) is 0 Å². The molecule has 1 aliphatic rings. The smallest absolute Gasteiger partial charge is 0.216 e. The highest BCUT2D eigenvalue weighted by molar-refractivity contribution is 5.75. The summed E-state index contributed by atoms with van der Waals surface area (Å²) in [7, 11) is 0. The molecule has 28 heavy (non-hydrogen) atoms. The summed E-state index contributed by atoms with van der Waals surface area (Å²) in [5.74, 6) is 0.654. The number of nitrogens with one attached hydrogen (secondary N) is 1. The number of benzene rings is 2. The van der Waals surface area contributed by atoms with Crippen molar-refractivity contribution >= 4 is 11.5 Å². The van der Waals surface area contributed by atoms with Gasteiger partial charge in [-0.05, 0) is 53.8 Å². The maximum atomic E-state index is 11.2. The quantitative estimate of drug-likeness (QED) is 0.770. The van der Waals surface area contributed by atoms with Crippen LogP contribution in [0.1, 0.15) is 31.4 Å². The predicted molar refractivity (Wildman–Crippen MR) is 110 cm³/mol. The van der Waals surface area contributed by atoms with Crippen LogP contribution in [-0.4, -0.2) is 36.6 Å². The zero-order valence-electron chi connectivity index (χ0n) is 16.4. The van der Waals surface area contributed by atoms with Gasteiger partial charge in [-0.2, -0.15) is 0 Å². The number of amides is 1. The first-order valence-corrected chi connectivity index (χ1v) is 9.52. The number of rotatable bonds is 7. The SMILES string of the molecule is C=C(C)c1cccc(-c2cc(OC3CC(O)CO3)ccc2CCNC(C)=O)c1. The summed E-state index contributed by atoms with van der Waals surface area (Å²) in [6, 6.07) is 14.1.